The minimum atomic E-state index is 0.153. The third-order valence-electron chi connectivity index (χ3n) is 8.28. The second-order valence-corrected chi connectivity index (χ2v) is 9.69. The zero-order chi connectivity index (χ0) is 18.0. The molecule has 1 N–H and O–H groups in total. The summed E-state index contributed by atoms with van der Waals surface area (Å²) in [5, 5.41) is 3.85. The summed E-state index contributed by atoms with van der Waals surface area (Å²) < 4.78 is 12.1. The molecular formula is C23H32N2O2. The summed E-state index contributed by atoms with van der Waals surface area (Å²) >= 11 is 0. The van der Waals surface area contributed by atoms with Crippen LogP contribution in [0.2, 0.25) is 0 Å². The van der Waals surface area contributed by atoms with Crippen LogP contribution >= 0.6 is 0 Å². The van der Waals surface area contributed by atoms with Crippen molar-refractivity contribution in [3.63, 3.8) is 0 Å². The number of rotatable bonds is 3. The lowest BCUT2D eigenvalue weighted by Gasteiger charge is -2.42. The average molecular weight is 369 g/mol. The normalized spacial score (nSPS) is 40.6. The standard InChI is InChI=1S/C23H32N2O2/c1-26-18-6-4-16-10-17-5-7-20-22-21(12-24-20)27-14-23(22,19(16)11-18)8-9-25(17)13-15-2-3-15/h4,6,11,15,17,20-22,24H,2-3,5,7-10,12-14H2,1H3/t17?,20?,21-,22?,23?/m1/s1. The second-order valence-electron chi connectivity index (χ2n) is 9.69. The molecule has 2 bridgehead atoms. The van der Waals surface area contributed by atoms with Crippen molar-refractivity contribution in [1.82, 2.24) is 10.2 Å². The number of fused-ring (bicyclic) bond motifs is 3. The first-order valence-corrected chi connectivity index (χ1v) is 11.0. The first-order valence-electron chi connectivity index (χ1n) is 11.0. The Balaban J connectivity index is 1.49. The number of nitrogens with zero attached hydrogens (tertiary/aromatic N) is 1. The van der Waals surface area contributed by atoms with E-state index in [1.54, 1.807) is 18.2 Å². The molecule has 2 aliphatic carbocycles. The predicted octanol–water partition coefficient (Wildman–Crippen LogP) is 2.74. The molecular weight excluding hydrogens is 336 g/mol. The molecule has 0 amide bonds. The fourth-order valence-electron chi connectivity index (χ4n) is 6.71. The highest BCUT2D eigenvalue weighted by atomic mass is 16.5. The summed E-state index contributed by atoms with van der Waals surface area (Å²) in [6.07, 6.45) is 8.31. The molecule has 1 aromatic carbocycles. The van der Waals surface area contributed by atoms with Crippen molar-refractivity contribution in [2.45, 2.75) is 62.1 Å². The molecule has 27 heavy (non-hydrogen) atoms. The lowest BCUT2D eigenvalue weighted by Crippen LogP contribution is -2.47. The average Bonchev–Trinajstić information content (AvgIpc) is 3.25. The van der Waals surface area contributed by atoms with E-state index in [4.69, 9.17) is 9.47 Å². The Kier molecular flexibility index (Phi) is 3.86. The molecule has 0 radical (unpaired) electrons. The van der Waals surface area contributed by atoms with E-state index < -0.39 is 0 Å². The third kappa shape index (κ3) is 2.60. The quantitative estimate of drug-likeness (QED) is 0.890. The van der Waals surface area contributed by atoms with E-state index in [9.17, 15) is 0 Å². The van der Waals surface area contributed by atoms with Gasteiger partial charge in [-0.3, -0.25) is 4.90 Å². The lowest BCUT2D eigenvalue weighted by atomic mass is 9.65. The van der Waals surface area contributed by atoms with Crippen molar-refractivity contribution >= 4 is 0 Å². The number of hydrogen-bond acceptors (Lipinski definition) is 4. The van der Waals surface area contributed by atoms with Crippen LogP contribution in [0.3, 0.4) is 0 Å². The van der Waals surface area contributed by atoms with Gasteiger partial charge in [-0.15, -0.1) is 0 Å². The first kappa shape index (κ1) is 16.8. The molecule has 1 aromatic rings. The number of benzene rings is 1. The van der Waals surface area contributed by atoms with Gasteiger partial charge in [0.2, 0.25) is 0 Å². The molecule has 4 nitrogen and oxygen atoms in total. The zero-order valence-electron chi connectivity index (χ0n) is 16.5. The Morgan fingerprint density at radius 1 is 1.26 bits per heavy atom. The maximum Gasteiger partial charge on any atom is 0.119 e. The van der Waals surface area contributed by atoms with Crippen LogP contribution in [-0.2, 0) is 16.6 Å². The van der Waals surface area contributed by atoms with Gasteiger partial charge in [-0.05, 0) is 74.2 Å². The van der Waals surface area contributed by atoms with Crippen LogP contribution in [0.4, 0.5) is 0 Å². The van der Waals surface area contributed by atoms with E-state index in [2.05, 4.69) is 28.4 Å². The van der Waals surface area contributed by atoms with Gasteiger partial charge in [-0.1, -0.05) is 6.07 Å². The second kappa shape index (κ2) is 6.20. The zero-order valence-corrected chi connectivity index (χ0v) is 16.5. The fourth-order valence-corrected chi connectivity index (χ4v) is 6.71. The summed E-state index contributed by atoms with van der Waals surface area (Å²) in [6, 6.07) is 8.19. The lowest BCUT2D eigenvalue weighted by molar-refractivity contribution is 0.100. The van der Waals surface area contributed by atoms with Crippen LogP contribution in [0.15, 0.2) is 18.2 Å². The molecule has 7 rings (SSSR count). The van der Waals surface area contributed by atoms with Gasteiger partial charge < -0.3 is 14.8 Å². The highest BCUT2D eigenvalue weighted by Gasteiger charge is 2.58. The van der Waals surface area contributed by atoms with Crippen LogP contribution in [0.25, 0.3) is 0 Å². The molecule has 146 valence electrons. The molecule has 4 fully saturated rings. The summed E-state index contributed by atoms with van der Waals surface area (Å²) in [7, 11) is 1.80. The van der Waals surface area contributed by atoms with Gasteiger partial charge in [0.1, 0.15) is 5.75 Å². The smallest absolute Gasteiger partial charge is 0.119 e. The van der Waals surface area contributed by atoms with E-state index in [0.717, 1.165) is 24.8 Å². The minimum Gasteiger partial charge on any atom is -0.497 e. The van der Waals surface area contributed by atoms with Gasteiger partial charge >= 0.3 is 0 Å². The molecule has 3 saturated heterocycles. The third-order valence-corrected chi connectivity index (χ3v) is 8.28. The molecule has 0 aromatic heterocycles. The van der Waals surface area contributed by atoms with Crippen molar-refractivity contribution in [1.29, 1.82) is 0 Å². The van der Waals surface area contributed by atoms with Crippen molar-refractivity contribution in [2.24, 2.45) is 11.8 Å². The number of ether oxygens (including phenoxy) is 2. The molecule has 5 atom stereocenters. The monoisotopic (exact) mass is 368 g/mol. The molecule has 4 heteroatoms. The Labute approximate surface area is 162 Å². The SMILES string of the molecule is COc1ccc2c(c1)C13CCN(CC4CC4)C(CCC4NC[C@@H](OC1)C43)C2. The van der Waals surface area contributed by atoms with Crippen LogP contribution in [-0.4, -0.2) is 56.4 Å². The number of nitrogens with one attached hydrogen (secondary N) is 1. The summed E-state index contributed by atoms with van der Waals surface area (Å²) in [5.74, 6) is 2.58. The Bertz CT molecular complexity index is 733. The van der Waals surface area contributed by atoms with E-state index >= 15 is 0 Å². The molecule has 4 heterocycles. The Hall–Kier alpha value is -1.10. The number of hydrogen-bond donors (Lipinski definition) is 1. The molecule has 4 unspecified atom stereocenters. The van der Waals surface area contributed by atoms with Crippen LogP contribution in [0.5, 0.6) is 5.75 Å². The Morgan fingerprint density at radius 3 is 3.04 bits per heavy atom. The van der Waals surface area contributed by atoms with Crippen LogP contribution in [0.1, 0.15) is 43.2 Å². The van der Waals surface area contributed by atoms with E-state index in [1.165, 1.54) is 51.6 Å². The summed E-state index contributed by atoms with van der Waals surface area (Å²) in [5.41, 5.74) is 3.25. The van der Waals surface area contributed by atoms with Gasteiger partial charge in [-0.25, -0.2) is 0 Å². The largest absolute Gasteiger partial charge is 0.497 e. The van der Waals surface area contributed by atoms with E-state index in [0.29, 0.717) is 24.1 Å². The molecule has 1 saturated carbocycles. The molecule has 6 aliphatic rings. The molecule has 4 aliphatic heterocycles. The first-order chi connectivity index (χ1) is 13.3. The summed E-state index contributed by atoms with van der Waals surface area (Å²) in [4.78, 5) is 2.86. The van der Waals surface area contributed by atoms with Gasteiger partial charge in [0.15, 0.2) is 0 Å². The predicted molar refractivity (Wildman–Crippen MR) is 105 cm³/mol. The maximum absolute atomic E-state index is 6.45. The van der Waals surface area contributed by atoms with Crippen LogP contribution in [0, 0.1) is 11.8 Å². The van der Waals surface area contributed by atoms with E-state index in [1.807, 2.05) is 0 Å². The topological polar surface area (TPSA) is 33.7 Å². The van der Waals surface area contributed by atoms with E-state index in [-0.39, 0.29) is 5.41 Å². The van der Waals surface area contributed by atoms with Gasteiger partial charge in [0.05, 0.1) is 19.8 Å². The minimum absolute atomic E-state index is 0.153. The molecule has 1 spiro atoms. The van der Waals surface area contributed by atoms with Crippen molar-refractivity contribution < 1.29 is 9.47 Å². The van der Waals surface area contributed by atoms with Crippen LogP contribution < -0.4 is 10.1 Å². The van der Waals surface area contributed by atoms with Gasteiger partial charge in [0, 0.05) is 36.5 Å². The van der Waals surface area contributed by atoms with Gasteiger partial charge in [-0.2, -0.15) is 0 Å². The highest BCUT2D eigenvalue weighted by molar-refractivity contribution is 5.44. The van der Waals surface area contributed by atoms with Crippen molar-refractivity contribution in [3.05, 3.63) is 29.3 Å². The fraction of sp³-hybridized carbons (Fsp3) is 0.739. The van der Waals surface area contributed by atoms with Gasteiger partial charge in [0.25, 0.3) is 0 Å². The maximum atomic E-state index is 6.45. The van der Waals surface area contributed by atoms with Crippen molar-refractivity contribution in [3.8, 4) is 5.75 Å². The summed E-state index contributed by atoms with van der Waals surface area (Å²) in [6.45, 7) is 4.48. The van der Waals surface area contributed by atoms with Crippen molar-refractivity contribution in [2.75, 3.05) is 33.4 Å². The Morgan fingerprint density at radius 2 is 2.19 bits per heavy atom. The number of methoxy groups -OCH3 is 1. The highest BCUT2D eigenvalue weighted by Crippen LogP contribution is 2.52.